The van der Waals surface area contributed by atoms with Gasteiger partial charge in [0.05, 0.1) is 11.6 Å². The van der Waals surface area contributed by atoms with E-state index in [2.05, 4.69) is 36.2 Å². The third-order valence-corrected chi connectivity index (χ3v) is 5.64. The van der Waals surface area contributed by atoms with Crippen molar-refractivity contribution in [3.05, 3.63) is 92.2 Å². The maximum Gasteiger partial charge on any atom is 0.215 e. The number of hydrogen-bond donors (Lipinski definition) is 1. The van der Waals surface area contributed by atoms with E-state index in [4.69, 9.17) is 0 Å². The van der Waals surface area contributed by atoms with Gasteiger partial charge in [0.25, 0.3) is 0 Å². The molecule has 0 radical (unpaired) electrons. The molecule has 0 aliphatic carbocycles. The predicted octanol–water partition coefficient (Wildman–Crippen LogP) is 5.61. The minimum absolute atomic E-state index is 0.124. The molecule has 0 saturated heterocycles. The van der Waals surface area contributed by atoms with E-state index in [1.54, 1.807) is 11.3 Å². The van der Waals surface area contributed by atoms with Gasteiger partial charge in [0, 0.05) is 26.3 Å². The van der Waals surface area contributed by atoms with Crippen molar-refractivity contribution >= 4 is 22.2 Å². The second-order valence-corrected chi connectivity index (χ2v) is 7.39. The van der Waals surface area contributed by atoms with E-state index >= 15 is 0 Å². The van der Waals surface area contributed by atoms with Gasteiger partial charge in [0.15, 0.2) is 0 Å². The van der Waals surface area contributed by atoms with Crippen molar-refractivity contribution < 1.29 is 4.92 Å². The van der Waals surface area contributed by atoms with Crippen LogP contribution >= 0.6 is 11.3 Å². The summed E-state index contributed by atoms with van der Waals surface area (Å²) in [6, 6.07) is 20.2. The molecule has 0 amide bonds. The van der Waals surface area contributed by atoms with Crippen LogP contribution in [0.4, 0.5) is 0 Å². The maximum atomic E-state index is 11.4. The molecule has 0 unspecified atom stereocenters. The van der Waals surface area contributed by atoms with Crippen molar-refractivity contribution in [2.24, 2.45) is 0 Å². The number of thiophene rings is 1. The van der Waals surface area contributed by atoms with Crippen LogP contribution in [0.3, 0.4) is 0 Å². The first-order valence-corrected chi connectivity index (χ1v) is 9.34. The van der Waals surface area contributed by atoms with Crippen LogP contribution in [0.15, 0.2) is 66.0 Å². The van der Waals surface area contributed by atoms with Crippen LogP contribution < -0.4 is 0 Å². The minimum atomic E-state index is -0.280. The molecule has 26 heavy (non-hydrogen) atoms. The number of benzene rings is 2. The molecule has 0 spiro atoms. The zero-order valence-electron chi connectivity index (χ0n) is 14.3. The molecule has 2 heterocycles. The Kier molecular flexibility index (Phi) is 4.31. The average Bonchev–Trinajstić information content (AvgIpc) is 3.28. The molecule has 1 N–H and O–H groups in total. The summed E-state index contributed by atoms with van der Waals surface area (Å²) in [4.78, 5) is 15.7. The number of fused-ring (bicyclic) bond motifs is 1. The summed E-state index contributed by atoms with van der Waals surface area (Å²) in [5.41, 5.74) is 5.20. The van der Waals surface area contributed by atoms with Crippen LogP contribution in [0, 0.1) is 17.0 Å². The van der Waals surface area contributed by atoms with E-state index in [0.29, 0.717) is 0 Å². The van der Waals surface area contributed by atoms with Crippen molar-refractivity contribution in [2.75, 3.05) is 6.54 Å². The number of hydrogen-bond acceptors (Lipinski definition) is 3. The maximum absolute atomic E-state index is 11.4. The zero-order chi connectivity index (χ0) is 18.1. The fourth-order valence-corrected chi connectivity index (χ4v) is 4.26. The molecule has 4 aromatic rings. The molecule has 0 bridgehead atoms. The molecule has 0 aliphatic rings. The Morgan fingerprint density at radius 1 is 1.08 bits per heavy atom. The average molecular weight is 362 g/mol. The fraction of sp³-hybridized carbons (Fsp3) is 0.143. The van der Waals surface area contributed by atoms with Gasteiger partial charge in [-0.25, -0.2) is 0 Å². The standard InChI is InChI=1S/C21H18N2O2S/c1-14-8-10-15(11-9-14)21-20(16-5-2-3-6-18(16)22-21)17(13-23(24)25)19-7-4-12-26-19/h2-12,17,22H,13H2,1H3/t17-/m1/s1. The molecule has 0 saturated carbocycles. The number of nitrogens with zero attached hydrogens (tertiary/aromatic N) is 1. The lowest BCUT2D eigenvalue weighted by Gasteiger charge is -2.14. The molecule has 130 valence electrons. The summed E-state index contributed by atoms with van der Waals surface area (Å²) in [6.45, 7) is 1.93. The summed E-state index contributed by atoms with van der Waals surface area (Å²) in [7, 11) is 0. The van der Waals surface area contributed by atoms with Crippen LogP contribution in [0.2, 0.25) is 0 Å². The van der Waals surface area contributed by atoms with Crippen molar-refractivity contribution in [1.29, 1.82) is 0 Å². The predicted molar refractivity (Wildman–Crippen MR) is 106 cm³/mol. The number of nitrogens with one attached hydrogen (secondary N) is 1. The lowest BCUT2D eigenvalue weighted by atomic mass is 9.92. The number of para-hydroxylation sites is 1. The Hall–Kier alpha value is -2.92. The van der Waals surface area contributed by atoms with Gasteiger partial charge < -0.3 is 4.98 Å². The Morgan fingerprint density at radius 3 is 2.54 bits per heavy atom. The van der Waals surface area contributed by atoms with Crippen LogP contribution in [0.5, 0.6) is 0 Å². The Morgan fingerprint density at radius 2 is 1.85 bits per heavy atom. The second kappa shape index (κ2) is 6.77. The number of H-pyrrole nitrogens is 1. The molecule has 0 fully saturated rings. The number of aromatic amines is 1. The van der Waals surface area contributed by atoms with Gasteiger partial charge in [-0.1, -0.05) is 54.1 Å². The van der Waals surface area contributed by atoms with Gasteiger partial charge in [-0.05, 0) is 30.0 Å². The number of aryl methyl sites for hydroxylation is 1. The molecule has 5 heteroatoms. The lowest BCUT2D eigenvalue weighted by Crippen LogP contribution is -2.13. The van der Waals surface area contributed by atoms with Gasteiger partial charge in [-0.3, -0.25) is 10.1 Å². The third-order valence-electron chi connectivity index (χ3n) is 4.65. The molecule has 2 aromatic carbocycles. The quantitative estimate of drug-likeness (QED) is 0.370. The lowest BCUT2D eigenvalue weighted by molar-refractivity contribution is -0.481. The molecular formula is C21H18N2O2S. The summed E-state index contributed by atoms with van der Waals surface area (Å²) in [6.07, 6.45) is 0. The SMILES string of the molecule is Cc1ccc(-c2[nH]c3ccccc3c2[C@H](C[N+](=O)[O-])c2cccs2)cc1. The Bertz CT molecular complexity index is 1050. The molecule has 0 aliphatic heterocycles. The van der Waals surface area contributed by atoms with Gasteiger partial charge in [0.2, 0.25) is 6.54 Å². The molecular weight excluding hydrogens is 344 g/mol. The second-order valence-electron chi connectivity index (χ2n) is 6.41. The minimum Gasteiger partial charge on any atom is -0.354 e. The summed E-state index contributed by atoms with van der Waals surface area (Å²) in [5, 5.41) is 14.4. The Labute approximate surface area is 155 Å². The molecule has 4 nitrogen and oxygen atoms in total. The monoisotopic (exact) mass is 362 g/mol. The van der Waals surface area contributed by atoms with Crippen LogP contribution in [-0.2, 0) is 0 Å². The van der Waals surface area contributed by atoms with Gasteiger partial charge >= 0.3 is 0 Å². The van der Waals surface area contributed by atoms with Crippen LogP contribution in [0.1, 0.15) is 21.9 Å². The van der Waals surface area contributed by atoms with Gasteiger partial charge in [-0.15, -0.1) is 11.3 Å². The highest BCUT2D eigenvalue weighted by molar-refractivity contribution is 7.10. The van der Waals surface area contributed by atoms with Crippen LogP contribution in [-0.4, -0.2) is 16.5 Å². The van der Waals surface area contributed by atoms with Crippen molar-refractivity contribution in [3.63, 3.8) is 0 Å². The van der Waals surface area contributed by atoms with Gasteiger partial charge in [0.1, 0.15) is 0 Å². The van der Waals surface area contributed by atoms with E-state index in [1.807, 2.05) is 41.8 Å². The topological polar surface area (TPSA) is 58.9 Å². The number of aromatic nitrogens is 1. The summed E-state index contributed by atoms with van der Waals surface area (Å²) < 4.78 is 0. The third kappa shape index (κ3) is 3.02. The van der Waals surface area contributed by atoms with Crippen molar-refractivity contribution in [1.82, 2.24) is 4.98 Å². The Balaban J connectivity index is 1.98. The van der Waals surface area contributed by atoms with E-state index in [-0.39, 0.29) is 17.4 Å². The van der Waals surface area contributed by atoms with Crippen molar-refractivity contribution in [2.45, 2.75) is 12.8 Å². The summed E-state index contributed by atoms with van der Waals surface area (Å²) >= 11 is 1.57. The first-order valence-electron chi connectivity index (χ1n) is 8.46. The summed E-state index contributed by atoms with van der Waals surface area (Å²) in [5.74, 6) is -0.280. The molecule has 2 aromatic heterocycles. The molecule has 4 rings (SSSR count). The number of nitro groups is 1. The van der Waals surface area contributed by atoms with Crippen molar-refractivity contribution in [3.8, 4) is 11.3 Å². The van der Waals surface area contributed by atoms with E-state index in [9.17, 15) is 10.1 Å². The highest BCUT2D eigenvalue weighted by Gasteiger charge is 2.28. The van der Waals surface area contributed by atoms with E-state index in [1.165, 1.54) is 5.56 Å². The molecule has 1 atom stereocenters. The normalized spacial score (nSPS) is 12.3. The first-order chi connectivity index (χ1) is 12.6. The fourth-order valence-electron chi connectivity index (χ4n) is 3.44. The van der Waals surface area contributed by atoms with E-state index in [0.717, 1.165) is 32.6 Å². The number of rotatable bonds is 5. The largest absolute Gasteiger partial charge is 0.354 e. The first kappa shape index (κ1) is 16.5. The van der Waals surface area contributed by atoms with Crippen LogP contribution in [0.25, 0.3) is 22.2 Å². The smallest absolute Gasteiger partial charge is 0.215 e. The highest BCUT2D eigenvalue weighted by atomic mass is 32.1. The highest BCUT2D eigenvalue weighted by Crippen LogP contribution is 2.40. The van der Waals surface area contributed by atoms with Gasteiger partial charge in [-0.2, -0.15) is 0 Å². The van der Waals surface area contributed by atoms with E-state index < -0.39 is 0 Å². The zero-order valence-corrected chi connectivity index (χ0v) is 15.1.